The minimum Gasteiger partial charge on any atom is -0.382 e. The topological polar surface area (TPSA) is 27.7 Å². The maximum atomic E-state index is 5.86. The van der Waals surface area contributed by atoms with E-state index in [1.165, 1.54) is 12.8 Å². The van der Waals surface area contributed by atoms with Crippen molar-refractivity contribution in [2.24, 2.45) is 5.41 Å². The molecule has 0 bridgehead atoms. The minimum absolute atomic E-state index is 0.415. The summed E-state index contributed by atoms with van der Waals surface area (Å²) >= 11 is 5.86. The van der Waals surface area contributed by atoms with Gasteiger partial charge in [0.25, 0.3) is 0 Å². The van der Waals surface area contributed by atoms with Crippen LogP contribution in [0.5, 0.6) is 0 Å². The second-order valence-corrected chi connectivity index (χ2v) is 4.37. The number of hydrogen-bond acceptors (Lipinski definition) is 3. The van der Waals surface area contributed by atoms with E-state index in [1.807, 2.05) is 0 Å². The van der Waals surface area contributed by atoms with Crippen LogP contribution < -0.4 is 0 Å². The van der Waals surface area contributed by atoms with Crippen LogP contribution >= 0.6 is 11.6 Å². The standard InChI is InChI=1S/C11H21ClO3/c1-13-6-7-15-9-8-14-5-4-11(10-12)2-3-11/h2-10H2,1H3. The highest BCUT2D eigenvalue weighted by Gasteiger charge is 2.40. The second kappa shape index (κ2) is 7.44. The molecule has 0 unspecified atom stereocenters. The molecule has 4 heteroatoms. The highest BCUT2D eigenvalue weighted by Crippen LogP contribution is 2.49. The summed E-state index contributed by atoms with van der Waals surface area (Å²) in [6.45, 7) is 3.42. The Morgan fingerprint density at radius 1 is 1.00 bits per heavy atom. The zero-order valence-electron chi connectivity index (χ0n) is 9.47. The van der Waals surface area contributed by atoms with Gasteiger partial charge in [-0.05, 0) is 24.7 Å². The average molecular weight is 237 g/mol. The van der Waals surface area contributed by atoms with Crippen LogP contribution in [0, 0.1) is 5.41 Å². The summed E-state index contributed by atoms with van der Waals surface area (Å²) in [6.07, 6.45) is 3.63. The summed E-state index contributed by atoms with van der Waals surface area (Å²) in [5.41, 5.74) is 0.415. The Hall–Kier alpha value is 0.170. The molecule has 0 aromatic rings. The Balaban J connectivity index is 1.77. The van der Waals surface area contributed by atoms with Gasteiger partial charge in [0.05, 0.1) is 26.4 Å². The number of methoxy groups -OCH3 is 1. The van der Waals surface area contributed by atoms with E-state index in [9.17, 15) is 0 Å². The molecule has 0 spiro atoms. The van der Waals surface area contributed by atoms with Gasteiger partial charge >= 0.3 is 0 Å². The number of ether oxygens (including phenoxy) is 3. The molecule has 3 nitrogen and oxygen atoms in total. The molecule has 1 fully saturated rings. The van der Waals surface area contributed by atoms with Crippen LogP contribution in [0.15, 0.2) is 0 Å². The number of alkyl halides is 1. The summed E-state index contributed by atoms with van der Waals surface area (Å²) in [7, 11) is 1.67. The van der Waals surface area contributed by atoms with E-state index in [0.717, 1.165) is 18.9 Å². The van der Waals surface area contributed by atoms with Gasteiger partial charge in [0.2, 0.25) is 0 Å². The van der Waals surface area contributed by atoms with Crippen molar-refractivity contribution in [3.05, 3.63) is 0 Å². The highest BCUT2D eigenvalue weighted by molar-refractivity contribution is 6.18. The van der Waals surface area contributed by atoms with Crippen molar-refractivity contribution in [2.45, 2.75) is 19.3 Å². The van der Waals surface area contributed by atoms with Crippen LogP contribution in [0.3, 0.4) is 0 Å². The van der Waals surface area contributed by atoms with Crippen LogP contribution in [0.25, 0.3) is 0 Å². The Morgan fingerprint density at radius 3 is 2.13 bits per heavy atom. The molecule has 0 atom stereocenters. The van der Waals surface area contributed by atoms with Crippen molar-refractivity contribution >= 4 is 11.6 Å². The maximum Gasteiger partial charge on any atom is 0.0701 e. The first-order valence-electron chi connectivity index (χ1n) is 5.53. The van der Waals surface area contributed by atoms with Crippen molar-refractivity contribution in [3.8, 4) is 0 Å². The molecule has 1 aliphatic carbocycles. The lowest BCUT2D eigenvalue weighted by atomic mass is 10.1. The molecule has 1 rings (SSSR count). The first-order valence-corrected chi connectivity index (χ1v) is 6.07. The fourth-order valence-electron chi connectivity index (χ4n) is 1.38. The van der Waals surface area contributed by atoms with Gasteiger partial charge < -0.3 is 14.2 Å². The SMILES string of the molecule is COCCOCCOCCC1(CCl)CC1. The first kappa shape index (κ1) is 13.2. The molecular formula is C11H21ClO3. The van der Waals surface area contributed by atoms with Crippen molar-refractivity contribution in [3.63, 3.8) is 0 Å². The largest absolute Gasteiger partial charge is 0.382 e. The highest BCUT2D eigenvalue weighted by atomic mass is 35.5. The quantitative estimate of drug-likeness (QED) is 0.429. The van der Waals surface area contributed by atoms with Crippen molar-refractivity contribution in [1.82, 2.24) is 0 Å². The first-order chi connectivity index (χ1) is 7.33. The fourth-order valence-corrected chi connectivity index (χ4v) is 1.78. The predicted molar refractivity (Wildman–Crippen MR) is 60.5 cm³/mol. The Morgan fingerprint density at radius 2 is 1.60 bits per heavy atom. The van der Waals surface area contributed by atoms with Gasteiger partial charge in [-0.3, -0.25) is 0 Å². The fraction of sp³-hybridized carbons (Fsp3) is 1.00. The van der Waals surface area contributed by atoms with Crippen LogP contribution in [0.4, 0.5) is 0 Å². The normalized spacial score (nSPS) is 18.0. The molecule has 0 heterocycles. The van der Waals surface area contributed by atoms with E-state index in [2.05, 4.69) is 0 Å². The lowest BCUT2D eigenvalue weighted by Gasteiger charge is -2.11. The van der Waals surface area contributed by atoms with Crippen molar-refractivity contribution in [1.29, 1.82) is 0 Å². The van der Waals surface area contributed by atoms with Crippen molar-refractivity contribution in [2.75, 3.05) is 46.0 Å². The average Bonchev–Trinajstić information content (AvgIpc) is 3.03. The molecule has 1 saturated carbocycles. The van der Waals surface area contributed by atoms with Gasteiger partial charge in [-0.15, -0.1) is 11.6 Å². The van der Waals surface area contributed by atoms with Crippen LogP contribution in [0.1, 0.15) is 19.3 Å². The van der Waals surface area contributed by atoms with Crippen LogP contribution in [0.2, 0.25) is 0 Å². The molecule has 90 valence electrons. The molecule has 0 radical (unpaired) electrons. The molecule has 0 aromatic heterocycles. The zero-order valence-corrected chi connectivity index (χ0v) is 10.2. The third-order valence-corrected chi connectivity index (χ3v) is 3.39. The molecular weight excluding hydrogens is 216 g/mol. The molecule has 15 heavy (non-hydrogen) atoms. The summed E-state index contributed by atoms with van der Waals surface area (Å²) < 4.78 is 15.6. The number of hydrogen-bond donors (Lipinski definition) is 0. The van der Waals surface area contributed by atoms with Gasteiger partial charge in [0, 0.05) is 19.6 Å². The van der Waals surface area contributed by atoms with E-state index in [1.54, 1.807) is 7.11 Å². The summed E-state index contributed by atoms with van der Waals surface area (Å²) in [5.74, 6) is 0.778. The Bertz CT molecular complexity index is 160. The Labute approximate surface area is 97.0 Å². The third-order valence-electron chi connectivity index (χ3n) is 2.82. The van der Waals surface area contributed by atoms with E-state index in [0.29, 0.717) is 31.8 Å². The van der Waals surface area contributed by atoms with E-state index in [4.69, 9.17) is 25.8 Å². The van der Waals surface area contributed by atoms with Gasteiger partial charge in [-0.25, -0.2) is 0 Å². The molecule has 1 aliphatic rings. The minimum atomic E-state index is 0.415. The maximum absolute atomic E-state index is 5.86. The van der Waals surface area contributed by atoms with E-state index < -0.39 is 0 Å². The van der Waals surface area contributed by atoms with E-state index in [-0.39, 0.29) is 0 Å². The Kier molecular flexibility index (Phi) is 6.57. The van der Waals surface area contributed by atoms with Gasteiger partial charge in [0.15, 0.2) is 0 Å². The molecule has 0 saturated heterocycles. The number of rotatable bonds is 10. The van der Waals surface area contributed by atoms with Gasteiger partial charge in [-0.1, -0.05) is 0 Å². The summed E-state index contributed by atoms with van der Waals surface area (Å²) in [6, 6.07) is 0. The van der Waals surface area contributed by atoms with Crippen LogP contribution in [-0.2, 0) is 14.2 Å². The second-order valence-electron chi connectivity index (χ2n) is 4.10. The van der Waals surface area contributed by atoms with Crippen LogP contribution in [-0.4, -0.2) is 46.0 Å². The molecule has 0 amide bonds. The molecule has 0 aliphatic heterocycles. The van der Waals surface area contributed by atoms with Gasteiger partial charge in [0.1, 0.15) is 0 Å². The van der Waals surface area contributed by atoms with Gasteiger partial charge in [-0.2, -0.15) is 0 Å². The monoisotopic (exact) mass is 236 g/mol. The lowest BCUT2D eigenvalue weighted by Crippen LogP contribution is -2.11. The molecule has 0 N–H and O–H groups in total. The molecule has 0 aromatic carbocycles. The zero-order chi connectivity index (χ0) is 11.0. The lowest BCUT2D eigenvalue weighted by molar-refractivity contribution is 0.0216. The number of halogens is 1. The van der Waals surface area contributed by atoms with E-state index >= 15 is 0 Å². The summed E-state index contributed by atoms with van der Waals surface area (Å²) in [4.78, 5) is 0. The third kappa shape index (κ3) is 5.71. The predicted octanol–water partition coefficient (Wildman–Crippen LogP) is 2.08. The summed E-state index contributed by atoms with van der Waals surface area (Å²) in [5, 5.41) is 0. The van der Waals surface area contributed by atoms with Crippen molar-refractivity contribution < 1.29 is 14.2 Å². The smallest absolute Gasteiger partial charge is 0.0701 e.